The van der Waals surface area contributed by atoms with Crippen LogP contribution < -0.4 is 10.2 Å². The van der Waals surface area contributed by atoms with Crippen LogP contribution in [0.15, 0.2) is 30.6 Å². The first-order chi connectivity index (χ1) is 9.19. The van der Waals surface area contributed by atoms with Gasteiger partial charge in [-0.05, 0) is 24.6 Å². The van der Waals surface area contributed by atoms with Crippen molar-refractivity contribution in [1.29, 1.82) is 0 Å². The van der Waals surface area contributed by atoms with Crippen molar-refractivity contribution in [2.75, 3.05) is 23.8 Å². The van der Waals surface area contributed by atoms with Gasteiger partial charge >= 0.3 is 0 Å². The molecule has 0 unspecified atom stereocenters. The number of pyridine rings is 1. The predicted octanol–water partition coefficient (Wildman–Crippen LogP) is 4.25. The number of nitrogens with one attached hydrogen (secondary N) is 1. The lowest BCUT2D eigenvalue weighted by Gasteiger charge is -2.19. The molecule has 0 amide bonds. The predicted molar refractivity (Wildman–Crippen MR) is 84.5 cm³/mol. The minimum atomic E-state index is 0.833. The van der Waals surface area contributed by atoms with Crippen molar-refractivity contribution in [2.24, 2.45) is 0 Å². The van der Waals surface area contributed by atoms with Gasteiger partial charge in [0.25, 0.3) is 0 Å². The Labute approximate surface area is 123 Å². The summed E-state index contributed by atoms with van der Waals surface area (Å²) in [7, 11) is 2.06. The van der Waals surface area contributed by atoms with Gasteiger partial charge < -0.3 is 10.2 Å². The van der Waals surface area contributed by atoms with Crippen molar-refractivity contribution in [3.8, 4) is 0 Å². The summed E-state index contributed by atoms with van der Waals surface area (Å²) in [5.74, 6) is 0. The van der Waals surface area contributed by atoms with Crippen LogP contribution in [-0.4, -0.2) is 18.6 Å². The SMILES string of the molecule is CCCNc1cncc(N(C)Cc2ccc(Cl)s2)c1. The second kappa shape index (κ2) is 6.78. The molecular formula is C14H18ClN3S. The van der Waals surface area contributed by atoms with E-state index in [1.807, 2.05) is 18.5 Å². The standard InChI is InChI=1S/C14H18ClN3S/c1-3-6-17-11-7-12(9-16-8-11)18(2)10-13-4-5-14(15)19-13/h4-5,7-9,17H,3,6,10H2,1-2H3. The lowest BCUT2D eigenvalue weighted by Crippen LogP contribution is -2.16. The first-order valence-corrected chi connectivity index (χ1v) is 7.52. The van der Waals surface area contributed by atoms with Gasteiger partial charge in [0.05, 0.1) is 34.6 Å². The van der Waals surface area contributed by atoms with Crippen LogP contribution in [0.1, 0.15) is 18.2 Å². The number of hydrogen-bond donors (Lipinski definition) is 1. The zero-order chi connectivity index (χ0) is 13.7. The summed E-state index contributed by atoms with van der Waals surface area (Å²) in [5, 5.41) is 3.35. The molecule has 0 fully saturated rings. The van der Waals surface area contributed by atoms with E-state index in [2.05, 4.69) is 41.3 Å². The molecule has 1 N–H and O–H groups in total. The number of anilines is 2. The largest absolute Gasteiger partial charge is 0.384 e. The Balaban J connectivity index is 2.03. The van der Waals surface area contributed by atoms with Gasteiger partial charge in [-0.15, -0.1) is 11.3 Å². The lowest BCUT2D eigenvalue weighted by atomic mass is 10.3. The van der Waals surface area contributed by atoms with E-state index in [1.54, 1.807) is 11.3 Å². The summed E-state index contributed by atoms with van der Waals surface area (Å²) in [4.78, 5) is 7.70. The van der Waals surface area contributed by atoms with Gasteiger partial charge in [0.15, 0.2) is 0 Å². The Morgan fingerprint density at radius 3 is 2.89 bits per heavy atom. The van der Waals surface area contributed by atoms with Gasteiger partial charge in [-0.3, -0.25) is 4.98 Å². The fourth-order valence-electron chi connectivity index (χ4n) is 1.76. The number of thiophene rings is 1. The van der Waals surface area contributed by atoms with E-state index in [1.165, 1.54) is 4.88 Å². The van der Waals surface area contributed by atoms with E-state index < -0.39 is 0 Å². The molecule has 2 rings (SSSR count). The summed E-state index contributed by atoms with van der Waals surface area (Å²) >= 11 is 7.57. The minimum absolute atomic E-state index is 0.833. The third-order valence-electron chi connectivity index (χ3n) is 2.77. The molecule has 0 aliphatic carbocycles. The van der Waals surface area contributed by atoms with Crippen LogP contribution in [0.25, 0.3) is 0 Å². The number of hydrogen-bond acceptors (Lipinski definition) is 4. The molecule has 0 aliphatic heterocycles. The van der Waals surface area contributed by atoms with Gasteiger partial charge in [-0.25, -0.2) is 0 Å². The van der Waals surface area contributed by atoms with Gasteiger partial charge in [0, 0.05) is 18.5 Å². The smallest absolute Gasteiger partial charge is 0.0931 e. The molecule has 0 aliphatic rings. The van der Waals surface area contributed by atoms with Crippen LogP contribution in [0, 0.1) is 0 Å². The average Bonchev–Trinajstić information content (AvgIpc) is 2.82. The Morgan fingerprint density at radius 1 is 1.37 bits per heavy atom. The van der Waals surface area contributed by atoms with E-state index in [-0.39, 0.29) is 0 Å². The van der Waals surface area contributed by atoms with Crippen LogP contribution in [0.3, 0.4) is 0 Å². The summed E-state index contributed by atoms with van der Waals surface area (Å²) < 4.78 is 0.833. The maximum absolute atomic E-state index is 5.95. The second-order valence-corrected chi connectivity index (χ2v) is 6.22. The van der Waals surface area contributed by atoms with Crippen molar-refractivity contribution >= 4 is 34.3 Å². The van der Waals surface area contributed by atoms with E-state index in [0.717, 1.165) is 35.2 Å². The molecule has 0 saturated carbocycles. The molecule has 0 aromatic carbocycles. The van der Waals surface area contributed by atoms with Crippen LogP contribution >= 0.6 is 22.9 Å². The quantitative estimate of drug-likeness (QED) is 0.863. The fraction of sp³-hybridized carbons (Fsp3) is 0.357. The highest BCUT2D eigenvalue weighted by Gasteiger charge is 2.05. The molecular weight excluding hydrogens is 278 g/mol. The van der Waals surface area contributed by atoms with E-state index >= 15 is 0 Å². The second-order valence-electron chi connectivity index (χ2n) is 4.42. The molecule has 5 heteroatoms. The average molecular weight is 296 g/mol. The number of rotatable bonds is 6. The van der Waals surface area contributed by atoms with Crippen molar-refractivity contribution < 1.29 is 0 Å². The molecule has 2 heterocycles. The Kier molecular flexibility index (Phi) is 5.05. The normalized spacial score (nSPS) is 10.5. The van der Waals surface area contributed by atoms with Crippen LogP contribution in [-0.2, 0) is 6.54 Å². The summed E-state index contributed by atoms with van der Waals surface area (Å²) in [6.45, 7) is 3.96. The zero-order valence-electron chi connectivity index (χ0n) is 11.2. The summed E-state index contributed by atoms with van der Waals surface area (Å²) in [5.41, 5.74) is 2.17. The summed E-state index contributed by atoms with van der Waals surface area (Å²) in [6.07, 6.45) is 4.84. The first kappa shape index (κ1) is 14.2. The molecule has 2 aromatic heterocycles. The van der Waals surface area contributed by atoms with E-state index in [9.17, 15) is 0 Å². The molecule has 2 aromatic rings. The zero-order valence-corrected chi connectivity index (χ0v) is 12.8. The molecule has 0 saturated heterocycles. The van der Waals surface area contributed by atoms with E-state index in [4.69, 9.17) is 11.6 Å². The summed E-state index contributed by atoms with van der Waals surface area (Å²) in [6, 6.07) is 6.13. The van der Waals surface area contributed by atoms with Crippen molar-refractivity contribution in [2.45, 2.75) is 19.9 Å². The minimum Gasteiger partial charge on any atom is -0.384 e. The van der Waals surface area contributed by atoms with Crippen LogP contribution in [0.5, 0.6) is 0 Å². The van der Waals surface area contributed by atoms with Crippen LogP contribution in [0.2, 0.25) is 4.34 Å². The van der Waals surface area contributed by atoms with Gasteiger partial charge in [0.1, 0.15) is 0 Å². The Hall–Kier alpha value is -1.26. The molecule has 102 valence electrons. The van der Waals surface area contributed by atoms with Gasteiger partial charge in [-0.1, -0.05) is 18.5 Å². The maximum Gasteiger partial charge on any atom is 0.0931 e. The molecule has 0 radical (unpaired) electrons. The topological polar surface area (TPSA) is 28.2 Å². The monoisotopic (exact) mass is 295 g/mol. The highest BCUT2D eigenvalue weighted by Crippen LogP contribution is 2.25. The highest BCUT2D eigenvalue weighted by molar-refractivity contribution is 7.16. The number of aromatic nitrogens is 1. The van der Waals surface area contributed by atoms with Crippen molar-refractivity contribution in [1.82, 2.24) is 4.98 Å². The van der Waals surface area contributed by atoms with Gasteiger partial charge in [0.2, 0.25) is 0 Å². The third-order valence-corrected chi connectivity index (χ3v) is 3.98. The highest BCUT2D eigenvalue weighted by atomic mass is 35.5. The fourth-order valence-corrected chi connectivity index (χ4v) is 2.91. The third kappa shape index (κ3) is 4.11. The Bertz CT molecular complexity index is 527. The van der Waals surface area contributed by atoms with Crippen molar-refractivity contribution in [3.05, 3.63) is 39.8 Å². The molecule has 0 atom stereocenters. The molecule has 0 bridgehead atoms. The van der Waals surface area contributed by atoms with Crippen LogP contribution in [0.4, 0.5) is 11.4 Å². The first-order valence-electron chi connectivity index (χ1n) is 6.33. The molecule has 0 spiro atoms. The van der Waals surface area contributed by atoms with E-state index in [0.29, 0.717) is 0 Å². The molecule has 19 heavy (non-hydrogen) atoms. The Morgan fingerprint density at radius 2 is 2.21 bits per heavy atom. The molecule has 3 nitrogen and oxygen atoms in total. The lowest BCUT2D eigenvalue weighted by molar-refractivity contribution is 0.931. The van der Waals surface area contributed by atoms with Gasteiger partial charge in [-0.2, -0.15) is 0 Å². The maximum atomic E-state index is 5.95. The number of halogens is 1. The van der Waals surface area contributed by atoms with Crippen molar-refractivity contribution in [3.63, 3.8) is 0 Å². The number of nitrogens with zero attached hydrogens (tertiary/aromatic N) is 2.